The molecule has 0 saturated heterocycles. The molecule has 0 spiro atoms. The lowest BCUT2D eigenvalue weighted by molar-refractivity contribution is 0.0696. The second kappa shape index (κ2) is 5.76. The van der Waals surface area contributed by atoms with Gasteiger partial charge in [-0.1, -0.05) is 40.2 Å². The van der Waals surface area contributed by atoms with Gasteiger partial charge in [0, 0.05) is 4.47 Å². The summed E-state index contributed by atoms with van der Waals surface area (Å²) in [5, 5.41) is 8.91. The van der Waals surface area contributed by atoms with E-state index in [1.165, 1.54) is 24.3 Å². The molecule has 0 aliphatic carbocycles. The topological polar surface area (TPSA) is 71.4 Å². The van der Waals surface area contributed by atoms with Crippen LogP contribution in [-0.4, -0.2) is 19.5 Å². The second-order valence-electron chi connectivity index (χ2n) is 4.18. The van der Waals surface area contributed by atoms with Crippen molar-refractivity contribution in [3.05, 3.63) is 64.1 Å². The van der Waals surface area contributed by atoms with E-state index in [2.05, 4.69) is 15.9 Å². The Labute approximate surface area is 125 Å². The number of carboxylic acids is 1. The van der Waals surface area contributed by atoms with Crippen molar-refractivity contribution in [1.29, 1.82) is 0 Å². The Bertz CT molecular complexity index is 753. The molecule has 20 heavy (non-hydrogen) atoms. The van der Waals surface area contributed by atoms with Crippen LogP contribution in [0.15, 0.2) is 57.9 Å². The fraction of sp³-hybridized carbons (Fsp3) is 0.0714. The molecule has 4 nitrogen and oxygen atoms in total. The molecule has 0 aliphatic rings. The van der Waals surface area contributed by atoms with Gasteiger partial charge in [0.05, 0.1) is 16.2 Å². The third kappa shape index (κ3) is 3.26. The highest BCUT2D eigenvalue weighted by Crippen LogP contribution is 2.23. The molecule has 0 atom stereocenters. The molecule has 0 saturated carbocycles. The Hall–Kier alpha value is -1.66. The first-order valence-electron chi connectivity index (χ1n) is 5.70. The van der Waals surface area contributed by atoms with Crippen molar-refractivity contribution in [3.63, 3.8) is 0 Å². The maximum absolute atomic E-state index is 12.3. The normalized spacial score (nSPS) is 11.2. The monoisotopic (exact) mass is 354 g/mol. The average Bonchev–Trinajstić information content (AvgIpc) is 2.41. The highest BCUT2D eigenvalue weighted by Gasteiger charge is 2.18. The Morgan fingerprint density at radius 2 is 1.80 bits per heavy atom. The molecule has 6 heteroatoms. The molecule has 0 radical (unpaired) electrons. The van der Waals surface area contributed by atoms with Crippen LogP contribution in [0.1, 0.15) is 15.9 Å². The summed E-state index contributed by atoms with van der Waals surface area (Å²) < 4.78 is 25.3. The van der Waals surface area contributed by atoms with Crippen molar-refractivity contribution in [3.8, 4) is 0 Å². The summed E-state index contributed by atoms with van der Waals surface area (Å²) >= 11 is 3.30. The van der Waals surface area contributed by atoms with Gasteiger partial charge in [-0.25, -0.2) is 13.2 Å². The first-order valence-corrected chi connectivity index (χ1v) is 8.14. The van der Waals surface area contributed by atoms with Crippen LogP contribution in [0.3, 0.4) is 0 Å². The van der Waals surface area contributed by atoms with Crippen LogP contribution in [0.25, 0.3) is 0 Å². The molecule has 0 amide bonds. The van der Waals surface area contributed by atoms with E-state index < -0.39 is 15.8 Å². The summed E-state index contributed by atoms with van der Waals surface area (Å²) in [5.74, 6) is -1.33. The van der Waals surface area contributed by atoms with Gasteiger partial charge in [-0.05, 0) is 29.8 Å². The van der Waals surface area contributed by atoms with Gasteiger partial charge in [0.2, 0.25) is 0 Å². The fourth-order valence-electron chi connectivity index (χ4n) is 1.73. The predicted molar refractivity (Wildman–Crippen MR) is 78.4 cm³/mol. The zero-order valence-electron chi connectivity index (χ0n) is 10.3. The Balaban J connectivity index is 2.38. The molecule has 0 heterocycles. The van der Waals surface area contributed by atoms with Crippen LogP contribution in [0, 0.1) is 0 Å². The Morgan fingerprint density at radius 3 is 2.45 bits per heavy atom. The number of hydrogen-bond acceptors (Lipinski definition) is 3. The molecule has 0 unspecified atom stereocenters. The Morgan fingerprint density at radius 1 is 1.10 bits per heavy atom. The minimum absolute atomic E-state index is 0.00755. The summed E-state index contributed by atoms with van der Waals surface area (Å²) in [6.45, 7) is 0. The van der Waals surface area contributed by atoms with Crippen LogP contribution < -0.4 is 0 Å². The highest BCUT2D eigenvalue weighted by atomic mass is 79.9. The summed E-state index contributed by atoms with van der Waals surface area (Å²) in [7, 11) is -3.59. The fourth-order valence-corrected chi connectivity index (χ4v) is 3.76. The van der Waals surface area contributed by atoms with Gasteiger partial charge in [0.25, 0.3) is 0 Å². The van der Waals surface area contributed by atoms with Gasteiger partial charge >= 0.3 is 5.97 Å². The van der Waals surface area contributed by atoms with E-state index >= 15 is 0 Å². The number of rotatable bonds is 4. The molecule has 2 aromatic carbocycles. The predicted octanol–water partition coefficient (Wildman–Crippen LogP) is 3.12. The standard InChI is InChI=1S/C14H11BrO4S/c15-13-7-2-1-4-11(13)9-20(18,19)12-6-3-5-10(8-12)14(16)17/h1-8H,9H2,(H,16,17). The zero-order valence-corrected chi connectivity index (χ0v) is 12.7. The zero-order chi connectivity index (χ0) is 14.8. The molecule has 0 aliphatic heterocycles. The summed E-state index contributed by atoms with van der Waals surface area (Å²) in [5.41, 5.74) is 0.589. The quantitative estimate of drug-likeness (QED) is 0.915. The van der Waals surface area contributed by atoms with E-state index in [1.54, 1.807) is 24.3 Å². The number of carbonyl (C=O) groups is 1. The number of hydrogen-bond donors (Lipinski definition) is 1. The van der Waals surface area contributed by atoms with E-state index in [4.69, 9.17) is 5.11 Å². The van der Waals surface area contributed by atoms with Crippen molar-refractivity contribution in [2.75, 3.05) is 0 Å². The van der Waals surface area contributed by atoms with Crippen LogP contribution >= 0.6 is 15.9 Å². The van der Waals surface area contributed by atoms with E-state index in [0.29, 0.717) is 10.0 Å². The van der Waals surface area contributed by atoms with Crippen LogP contribution in [0.5, 0.6) is 0 Å². The molecular weight excluding hydrogens is 344 g/mol. The second-order valence-corrected chi connectivity index (χ2v) is 7.03. The lowest BCUT2D eigenvalue weighted by atomic mass is 10.2. The summed E-state index contributed by atoms with van der Waals surface area (Å²) in [6, 6.07) is 12.4. The molecule has 2 rings (SSSR count). The van der Waals surface area contributed by atoms with E-state index in [9.17, 15) is 13.2 Å². The van der Waals surface area contributed by atoms with Crippen molar-refractivity contribution in [2.24, 2.45) is 0 Å². The van der Waals surface area contributed by atoms with Gasteiger partial charge in [-0.15, -0.1) is 0 Å². The Kier molecular flexibility index (Phi) is 4.25. The maximum atomic E-state index is 12.3. The first kappa shape index (κ1) is 14.7. The van der Waals surface area contributed by atoms with Crippen LogP contribution in [0.4, 0.5) is 0 Å². The van der Waals surface area contributed by atoms with Gasteiger partial charge < -0.3 is 5.11 Å². The molecule has 0 aromatic heterocycles. The third-order valence-electron chi connectivity index (χ3n) is 2.74. The summed E-state index contributed by atoms with van der Waals surface area (Å²) in [4.78, 5) is 10.9. The first-order chi connectivity index (χ1) is 9.40. The summed E-state index contributed by atoms with van der Waals surface area (Å²) in [6.07, 6.45) is 0. The number of benzene rings is 2. The van der Waals surface area contributed by atoms with Crippen LogP contribution in [0.2, 0.25) is 0 Å². The maximum Gasteiger partial charge on any atom is 0.335 e. The number of aromatic carboxylic acids is 1. The van der Waals surface area contributed by atoms with Gasteiger partial charge in [0.15, 0.2) is 9.84 Å². The average molecular weight is 355 g/mol. The van der Waals surface area contributed by atoms with Crippen molar-refractivity contribution in [2.45, 2.75) is 10.6 Å². The smallest absolute Gasteiger partial charge is 0.335 e. The lowest BCUT2D eigenvalue weighted by Crippen LogP contribution is -2.07. The van der Waals surface area contributed by atoms with E-state index in [0.717, 1.165) is 0 Å². The number of sulfone groups is 1. The minimum Gasteiger partial charge on any atom is -0.478 e. The molecule has 104 valence electrons. The molecule has 0 fully saturated rings. The van der Waals surface area contributed by atoms with Gasteiger partial charge in [-0.3, -0.25) is 0 Å². The number of carboxylic acid groups (broad SMARTS) is 1. The van der Waals surface area contributed by atoms with Crippen molar-refractivity contribution in [1.82, 2.24) is 0 Å². The molecule has 2 aromatic rings. The van der Waals surface area contributed by atoms with Crippen molar-refractivity contribution >= 4 is 31.7 Å². The molecule has 1 N–H and O–H groups in total. The lowest BCUT2D eigenvalue weighted by Gasteiger charge is -2.07. The number of halogens is 1. The molecular formula is C14H11BrO4S. The van der Waals surface area contributed by atoms with E-state index in [-0.39, 0.29) is 16.2 Å². The minimum atomic E-state index is -3.59. The van der Waals surface area contributed by atoms with Crippen LogP contribution in [-0.2, 0) is 15.6 Å². The van der Waals surface area contributed by atoms with Crippen molar-refractivity contribution < 1.29 is 18.3 Å². The molecule has 0 bridgehead atoms. The van der Waals surface area contributed by atoms with Gasteiger partial charge in [-0.2, -0.15) is 0 Å². The highest BCUT2D eigenvalue weighted by molar-refractivity contribution is 9.10. The third-order valence-corrected chi connectivity index (χ3v) is 5.18. The van der Waals surface area contributed by atoms with Gasteiger partial charge in [0.1, 0.15) is 0 Å². The largest absolute Gasteiger partial charge is 0.478 e. The van der Waals surface area contributed by atoms with E-state index in [1.807, 2.05) is 0 Å². The SMILES string of the molecule is O=C(O)c1cccc(S(=O)(=O)Cc2ccccc2Br)c1.